The molecule has 0 saturated carbocycles. The van der Waals surface area contributed by atoms with E-state index in [1.807, 2.05) is 11.4 Å². The van der Waals surface area contributed by atoms with Gasteiger partial charge in [0.05, 0.1) is 16.5 Å². The first-order chi connectivity index (χ1) is 9.40. The zero-order valence-corrected chi connectivity index (χ0v) is 12.8. The van der Waals surface area contributed by atoms with Gasteiger partial charge in [-0.1, -0.05) is 0 Å². The van der Waals surface area contributed by atoms with Crippen molar-refractivity contribution in [3.05, 3.63) is 44.6 Å². The van der Waals surface area contributed by atoms with Crippen LogP contribution in [0.5, 0.6) is 5.75 Å². The monoisotopic (exact) mass is 365 g/mol. The lowest BCUT2D eigenvalue weighted by atomic mass is 10.1. The van der Waals surface area contributed by atoms with Crippen molar-refractivity contribution in [1.82, 2.24) is 0 Å². The van der Waals surface area contributed by atoms with Crippen LogP contribution in [0.15, 0.2) is 33.4 Å². The number of halogens is 4. The van der Waals surface area contributed by atoms with E-state index < -0.39 is 11.7 Å². The number of hydrogen-bond donors (Lipinski definition) is 1. The number of anilines is 1. The molecule has 20 heavy (non-hydrogen) atoms. The Morgan fingerprint density at radius 2 is 2.05 bits per heavy atom. The number of thiophene rings is 1. The fraction of sp³-hybridized carbons (Fsp3) is 0.231. The fourth-order valence-electron chi connectivity index (χ4n) is 1.67. The summed E-state index contributed by atoms with van der Waals surface area (Å²) in [7, 11) is 1.34. The van der Waals surface area contributed by atoms with Crippen LogP contribution in [0.25, 0.3) is 0 Å². The van der Waals surface area contributed by atoms with Crippen molar-refractivity contribution in [2.75, 3.05) is 12.4 Å². The summed E-state index contributed by atoms with van der Waals surface area (Å²) in [6.45, 7) is 0.331. The predicted molar refractivity (Wildman–Crippen MR) is 77.3 cm³/mol. The molecular weight excluding hydrogens is 355 g/mol. The third kappa shape index (κ3) is 3.67. The van der Waals surface area contributed by atoms with Crippen molar-refractivity contribution in [2.24, 2.45) is 0 Å². The van der Waals surface area contributed by atoms with Gasteiger partial charge in [-0.15, -0.1) is 11.3 Å². The molecule has 1 N–H and O–H groups in total. The van der Waals surface area contributed by atoms with Crippen molar-refractivity contribution in [2.45, 2.75) is 12.7 Å². The zero-order valence-electron chi connectivity index (χ0n) is 10.4. The van der Waals surface area contributed by atoms with E-state index in [-0.39, 0.29) is 11.4 Å². The van der Waals surface area contributed by atoms with Crippen molar-refractivity contribution < 1.29 is 17.9 Å². The van der Waals surface area contributed by atoms with Gasteiger partial charge in [0.1, 0.15) is 5.75 Å². The molecule has 2 nitrogen and oxygen atoms in total. The Bertz CT molecular complexity index is 598. The Morgan fingerprint density at radius 1 is 1.30 bits per heavy atom. The zero-order chi connectivity index (χ0) is 14.8. The molecule has 2 rings (SSSR count). The molecule has 108 valence electrons. The van der Waals surface area contributed by atoms with Gasteiger partial charge in [-0.25, -0.2) is 0 Å². The molecule has 7 heteroatoms. The number of hydrogen-bond acceptors (Lipinski definition) is 3. The van der Waals surface area contributed by atoms with E-state index in [0.717, 1.165) is 15.4 Å². The standard InChI is InChI=1S/C13H11BrF3NOS/c1-19-9-2-3-11(10(5-9)13(15,16)17)18-6-8-4-12(14)20-7-8/h2-5,7,18H,6H2,1H3. The van der Waals surface area contributed by atoms with Gasteiger partial charge in [0.15, 0.2) is 0 Å². The van der Waals surface area contributed by atoms with Crippen molar-refractivity contribution >= 4 is 33.0 Å². The van der Waals surface area contributed by atoms with Crippen LogP contribution in [0.1, 0.15) is 11.1 Å². The Balaban J connectivity index is 2.22. The topological polar surface area (TPSA) is 21.3 Å². The molecule has 0 atom stereocenters. The van der Waals surface area contributed by atoms with Crippen LogP contribution < -0.4 is 10.1 Å². The van der Waals surface area contributed by atoms with Gasteiger partial charge >= 0.3 is 6.18 Å². The van der Waals surface area contributed by atoms with E-state index in [2.05, 4.69) is 21.2 Å². The molecule has 1 heterocycles. The molecule has 0 aliphatic heterocycles. The summed E-state index contributed by atoms with van der Waals surface area (Å²) in [5.41, 5.74) is 0.234. The average Bonchev–Trinajstić information content (AvgIpc) is 2.81. The lowest BCUT2D eigenvalue weighted by Gasteiger charge is -2.15. The van der Waals surface area contributed by atoms with E-state index in [4.69, 9.17) is 4.74 Å². The molecule has 1 aromatic carbocycles. The molecule has 0 bridgehead atoms. The van der Waals surface area contributed by atoms with Gasteiger partial charge in [-0.3, -0.25) is 0 Å². The van der Waals surface area contributed by atoms with Crippen LogP contribution in [-0.2, 0) is 12.7 Å². The number of methoxy groups -OCH3 is 1. The maximum atomic E-state index is 13.0. The molecule has 1 aromatic heterocycles. The minimum absolute atomic E-state index is 0.0422. The van der Waals surface area contributed by atoms with E-state index in [1.54, 1.807) is 0 Å². The fourth-order valence-corrected chi connectivity index (χ4v) is 2.88. The summed E-state index contributed by atoms with van der Waals surface area (Å²) < 4.78 is 44.8. The first-order valence-corrected chi connectivity index (χ1v) is 7.29. The third-order valence-corrected chi connectivity index (χ3v) is 4.19. The normalized spacial score (nSPS) is 11.4. The Kier molecular flexibility index (Phi) is 4.59. The van der Waals surface area contributed by atoms with Crippen LogP contribution in [0.4, 0.5) is 18.9 Å². The van der Waals surface area contributed by atoms with Gasteiger partial charge < -0.3 is 10.1 Å². The first kappa shape index (κ1) is 15.2. The van der Waals surface area contributed by atoms with Gasteiger partial charge in [0, 0.05) is 12.2 Å². The van der Waals surface area contributed by atoms with Crippen molar-refractivity contribution in [1.29, 1.82) is 0 Å². The Hall–Kier alpha value is -1.21. The molecule has 0 aliphatic carbocycles. The van der Waals surface area contributed by atoms with Gasteiger partial charge in [-0.05, 0) is 51.1 Å². The van der Waals surface area contributed by atoms with Crippen LogP contribution in [0, 0.1) is 0 Å². The smallest absolute Gasteiger partial charge is 0.418 e. The van der Waals surface area contributed by atoms with Crippen LogP contribution in [0.2, 0.25) is 0 Å². The molecule has 0 fully saturated rings. The molecule has 0 saturated heterocycles. The minimum atomic E-state index is -4.42. The minimum Gasteiger partial charge on any atom is -0.497 e. The highest BCUT2D eigenvalue weighted by atomic mass is 79.9. The van der Waals surface area contributed by atoms with Crippen LogP contribution in [0.3, 0.4) is 0 Å². The molecule has 0 unspecified atom stereocenters. The molecular formula is C13H11BrF3NOS. The number of benzene rings is 1. The molecule has 2 aromatic rings. The highest BCUT2D eigenvalue weighted by Crippen LogP contribution is 2.37. The van der Waals surface area contributed by atoms with Crippen molar-refractivity contribution in [3.63, 3.8) is 0 Å². The maximum Gasteiger partial charge on any atom is 0.418 e. The Labute approximate surface area is 126 Å². The van der Waals surface area contributed by atoms with Crippen LogP contribution in [-0.4, -0.2) is 7.11 Å². The highest BCUT2D eigenvalue weighted by Gasteiger charge is 2.34. The number of nitrogens with one attached hydrogen (secondary N) is 1. The van der Waals surface area contributed by atoms with Gasteiger partial charge in [-0.2, -0.15) is 13.2 Å². The summed E-state index contributed by atoms with van der Waals surface area (Å²) in [6, 6.07) is 5.74. The second-order valence-electron chi connectivity index (χ2n) is 4.02. The largest absolute Gasteiger partial charge is 0.497 e. The summed E-state index contributed by atoms with van der Waals surface area (Å²) in [6.07, 6.45) is -4.42. The lowest BCUT2D eigenvalue weighted by molar-refractivity contribution is -0.137. The van der Waals surface area contributed by atoms with Gasteiger partial charge in [0.2, 0.25) is 0 Å². The third-order valence-electron chi connectivity index (χ3n) is 2.64. The van der Waals surface area contributed by atoms with E-state index in [9.17, 15) is 13.2 Å². The summed E-state index contributed by atoms with van der Waals surface area (Å²) in [5, 5.41) is 4.69. The SMILES string of the molecule is COc1ccc(NCc2csc(Br)c2)c(C(F)(F)F)c1. The molecule has 0 spiro atoms. The lowest BCUT2D eigenvalue weighted by Crippen LogP contribution is -2.11. The second kappa shape index (κ2) is 6.05. The number of alkyl halides is 3. The molecule has 0 radical (unpaired) electrons. The summed E-state index contributed by atoms with van der Waals surface area (Å²) in [4.78, 5) is 0. The van der Waals surface area contributed by atoms with E-state index in [0.29, 0.717) is 6.54 Å². The molecule has 0 aliphatic rings. The predicted octanol–water partition coefficient (Wildman–Crippen LogP) is 5.15. The quantitative estimate of drug-likeness (QED) is 0.808. The first-order valence-electron chi connectivity index (χ1n) is 5.62. The maximum absolute atomic E-state index is 13.0. The van der Waals surface area contributed by atoms with Gasteiger partial charge in [0.25, 0.3) is 0 Å². The number of rotatable bonds is 4. The van der Waals surface area contributed by atoms with Crippen molar-refractivity contribution in [3.8, 4) is 5.75 Å². The molecule has 0 amide bonds. The number of ether oxygens (including phenoxy) is 1. The highest BCUT2D eigenvalue weighted by molar-refractivity contribution is 9.11. The summed E-state index contributed by atoms with van der Waals surface area (Å²) >= 11 is 4.81. The summed E-state index contributed by atoms with van der Waals surface area (Å²) in [5.74, 6) is 0.182. The second-order valence-corrected chi connectivity index (χ2v) is 6.31. The van der Waals surface area contributed by atoms with Crippen LogP contribution >= 0.6 is 27.3 Å². The average molecular weight is 366 g/mol. The Morgan fingerprint density at radius 3 is 2.60 bits per heavy atom. The van der Waals surface area contributed by atoms with E-state index in [1.165, 1.54) is 30.6 Å². The van der Waals surface area contributed by atoms with E-state index >= 15 is 0 Å².